The van der Waals surface area contributed by atoms with E-state index in [1.165, 1.54) is 195 Å². The van der Waals surface area contributed by atoms with Gasteiger partial charge in [0, 0.05) is 0 Å². The fourth-order valence-electron chi connectivity index (χ4n) is 7.60. The van der Waals surface area contributed by atoms with Crippen LogP contribution in [0.4, 0.5) is 0 Å². The van der Waals surface area contributed by atoms with Gasteiger partial charge in [-0.05, 0) is 97.5 Å². The van der Waals surface area contributed by atoms with Crippen molar-refractivity contribution >= 4 is 58.0 Å². The summed E-state index contributed by atoms with van der Waals surface area (Å²) in [6.07, 6.45) is 31.9. The Kier molecular flexibility index (Phi) is 30.1. The zero-order valence-electron chi connectivity index (χ0n) is 39.2. The molecule has 13 heteroatoms. The Labute approximate surface area is 421 Å². The Morgan fingerprint density at radius 2 is 0.785 bits per heavy atom. The van der Waals surface area contributed by atoms with Crippen molar-refractivity contribution < 1.29 is 45.6 Å². The monoisotopic (exact) mass is 962 g/mol. The molecule has 0 heterocycles. The standard InChI is InChI=1S/2C26H38O5S.Ca/c2*1-2-3-4-5-6-7-8-9-10-11-12-13-14-22-15-20-25(26(21-22)32(28,29)30)31-24-18-16-23(27)17-19-24;/h2*15-21,27H,2-14H2,1H3,(H,28,29,30);/q;;+2/p-2. The molecule has 4 rings (SSSR count). The van der Waals surface area contributed by atoms with Gasteiger partial charge in [-0.1, -0.05) is 179 Å². The van der Waals surface area contributed by atoms with Crippen LogP contribution in [0.25, 0.3) is 0 Å². The summed E-state index contributed by atoms with van der Waals surface area (Å²) in [5, 5.41) is 20.6. The molecule has 65 heavy (non-hydrogen) atoms. The molecule has 0 spiro atoms. The first-order chi connectivity index (χ1) is 30.8. The van der Waals surface area contributed by atoms with Crippen LogP contribution in [0.5, 0.6) is 34.5 Å². The van der Waals surface area contributed by atoms with Crippen molar-refractivity contribution in [1.82, 2.24) is 0 Å². The quantitative estimate of drug-likeness (QED) is 0.0272. The molecule has 0 fully saturated rings. The molecule has 4 aromatic rings. The van der Waals surface area contributed by atoms with E-state index in [0.29, 0.717) is 11.5 Å². The number of hydrogen-bond acceptors (Lipinski definition) is 9. The first kappa shape index (κ1) is 58.3. The van der Waals surface area contributed by atoms with Crippen molar-refractivity contribution in [1.29, 1.82) is 0 Å². The third-order valence-electron chi connectivity index (χ3n) is 11.3. The third-order valence-corrected chi connectivity index (χ3v) is 13.1. The van der Waals surface area contributed by atoms with Crippen LogP contribution in [0.3, 0.4) is 0 Å². The molecule has 0 aliphatic carbocycles. The molecule has 4 aromatic carbocycles. The second-order valence-corrected chi connectivity index (χ2v) is 19.7. The van der Waals surface area contributed by atoms with E-state index < -0.39 is 20.2 Å². The molecule has 0 amide bonds. The van der Waals surface area contributed by atoms with Crippen molar-refractivity contribution in [2.75, 3.05) is 0 Å². The maximum atomic E-state index is 11.9. The number of ether oxygens (including phenoxy) is 2. The summed E-state index contributed by atoms with van der Waals surface area (Å²) in [5.41, 5.74) is 1.68. The fraction of sp³-hybridized carbons (Fsp3) is 0.538. The number of aryl methyl sites for hydroxylation is 2. The zero-order valence-corrected chi connectivity index (χ0v) is 43.0. The van der Waals surface area contributed by atoms with Crippen LogP contribution in [0.1, 0.15) is 179 Å². The molecule has 0 aromatic heterocycles. The summed E-state index contributed by atoms with van der Waals surface area (Å²) < 4.78 is 79.7. The molecule has 0 bridgehead atoms. The van der Waals surface area contributed by atoms with Gasteiger partial charge >= 0.3 is 37.7 Å². The molecule has 0 aliphatic rings. The van der Waals surface area contributed by atoms with Gasteiger partial charge in [-0.25, -0.2) is 8.42 Å². The van der Waals surface area contributed by atoms with Crippen LogP contribution in [0.15, 0.2) is 94.7 Å². The van der Waals surface area contributed by atoms with Gasteiger partial charge < -0.3 is 24.2 Å². The van der Waals surface area contributed by atoms with E-state index in [9.17, 15) is 36.2 Å². The van der Waals surface area contributed by atoms with Gasteiger partial charge in [0.1, 0.15) is 43.8 Å². The molecule has 0 aliphatic heterocycles. The molecule has 0 unspecified atom stereocenters. The normalized spacial score (nSPS) is 11.4. The third kappa shape index (κ3) is 25.8. The van der Waals surface area contributed by atoms with Crippen LogP contribution in [-0.2, 0) is 33.1 Å². The Bertz CT molecular complexity index is 1940. The smallest absolute Gasteiger partial charge is 0.872 e. The first-order valence-corrected chi connectivity index (χ1v) is 26.8. The molecule has 0 saturated heterocycles. The number of benzene rings is 4. The molecular weight excluding hydrogens is 889 g/mol. The summed E-state index contributed by atoms with van der Waals surface area (Å²) in [6, 6.07) is 21.1. The van der Waals surface area contributed by atoms with E-state index in [2.05, 4.69) is 13.8 Å². The fourth-order valence-corrected chi connectivity index (χ4v) is 8.91. The van der Waals surface area contributed by atoms with E-state index in [1.54, 1.807) is 12.1 Å². The van der Waals surface area contributed by atoms with Crippen LogP contribution in [0.2, 0.25) is 0 Å². The average Bonchev–Trinajstić information content (AvgIpc) is 3.26. The number of rotatable bonds is 32. The van der Waals surface area contributed by atoms with Gasteiger partial charge in [-0.3, -0.25) is 4.55 Å². The van der Waals surface area contributed by atoms with E-state index in [0.717, 1.165) is 49.7 Å². The summed E-state index contributed by atoms with van der Waals surface area (Å²) in [4.78, 5) is -0.595. The molecule has 0 saturated carbocycles. The number of hydrogen-bond donors (Lipinski definition) is 2. The largest absolute Gasteiger partial charge is 2.00 e. The molecule has 0 atom stereocenters. The summed E-state index contributed by atoms with van der Waals surface area (Å²) in [6.45, 7) is 4.49. The molecular formula is C52H74CaO10S2. The minimum atomic E-state index is -4.68. The van der Waals surface area contributed by atoms with Crippen molar-refractivity contribution in [3.63, 3.8) is 0 Å². The van der Waals surface area contributed by atoms with Crippen molar-refractivity contribution in [2.45, 2.75) is 191 Å². The Hall–Kier alpha value is -2.84. The van der Waals surface area contributed by atoms with E-state index in [4.69, 9.17) is 9.47 Å². The van der Waals surface area contributed by atoms with Gasteiger partial charge in [-0.2, -0.15) is 8.42 Å². The van der Waals surface area contributed by atoms with Gasteiger partial charge in [-0.15, -0.1) is 5.75 Å². The molecule has 10 nitrogen and oxygen atoms in total. The summed E-state index contributed by atoms with van der Waals surface area (Å²) in [5.74, 6) is 0.648. The van der Waals surface area contributed by atoms with Crippen molar-refractivity contribution in [2.24, 2.45) is 0 Å². The SMILES string of the molecule is CCCCCCCCCCCCCCc1ccc(Oc2ccc(O)cc2)c(S(=O)(=O)O)c1.CCCCCCCCCCCCCCc1ccc(Oc2ccc([O-])cc2)c(S(=O)(=O)[O-])c1.[Ca+2]. The van der Waals surface area contributed by atoms with Crippen LogP contribution in [-0.4, -0.2) is 68.8 Å². The predicted molar refractivity (Wildman–Crippen MR) is 260 cm³/mol. The van der Waals surface area contributed by atoms with E-state index in [1.807, 2.05) is 6.07 Å². The zero-order chi connectivity index (χ0) is 46.5. The second kappa shape index (κ2) is 33.6. The minimum Gasteiger partial charge on any atom is -0.872 e. The van der Waals surface area contributed by atoms with Gasteiger partial charge in [0.25, 0.3) is 10.1 Å². The van der Waals surface area contributed by atoms with Crippen molar-refractivity contribution in [3.8, 4) is 34.5 Å². The number of phenols is 1. The van der Waals surface area contributed by atoms with Crippen LogP contribution >= 0.6 is 0 Å². The number of unbranched alkanes of at least 4 members (excludes halogenated alkanes) is 22. The number of phenolic OH excluding ortho intramolecular Hbond substituents is 1. The average molecular weight is 963 g/mol. The minimum absolute atomic E-state index is 0. The van der Waals surface area contributed by atoms with E-state index >= 15 is 0 Å². The van der Waals surface area contributed by atoms with Gasteiger partial charge in [0.05, 0.1) is 4.90 Å². The van der Waals surface area contributed by atoms with Crippen molar-refractivity contribution in [3.05, 3.63) is 96.1 Å². The molecule has 356 valence electrons. The summed E-state index contributed by atoms with van der Waals surface area (Å²) >= 11 is 0. The summed E-state index contributed by atoms with van der Waals surface area (Å²) in [7, 11) is -9.09. The van der Waals surface area contributed by atoms with Crippen LogP contribution < -0.4 is 14.6 Å². The topological polar surface area (TPSA) is 173 Å². The second-order valence-electron chi connectivity index (χ2n) is 16.9. The molecule has 2 N–H and O–H groups in total. The Morgan fingerprint density at radius 3 is 1.14 bits per heavy atom. The maximum Gasteiger partial charge on any atom is 2.00 e. The maximum absolute atomic E-state index is 11.9. The van der Waals surface area contributed by atoms with E-state index in [-0.39, 0.29) is 70.5 Å². The Morgan fingerprint density at radius 1 is 0.462 bits per heavy atom. The predicted octanol–water partition coefficient (Wildman–Crippen LogP) is 14.0. The van der Waals surface area contributed by atoms with Gasteiger partial charge in [0.2, 0.25) is 0 Å². The molecule has 0 radical (unpaired) electrons. The first-order valence-electron chi connectivity index (χ1n) is 23.9. The van der Waals surface area contributed by atoms with Gasteiger partial charge in [0.15, 0.2) is 0 Å². The van der Waals surface area contributed by atoms with Crippen LogP contribution in [0, 0.1) is 0 Å². The number of aromatic hydroxyl groups is 1. The Balaban J connectivity index is 0.000000440.